The van der Waals surface area contributed by atoms with Crippen LogP contribution in [0.2, 0.25) is 0 Å². The van der Waals surface area contributed by atoms with Gasteiger partial charge in [0.15, 0.2) is 5.78 Å². The van der Waals surface area contributed by atoms with Crippen LogP contribution >= 0.6 is 0 Å². The second-order valence-corrected chi connectivity index (χ2v) is 7.18. The van der Waals surface area contributed by atoms with E-state index >= 15 is 0 Å². The quantitative estimate of drug-likeness (QED) is 0.557. The highest BCUT2D eigenvalue weighted by Gasteiger charge is 2.36. The summed E-state index contributed by atoms with van der Waals surface area (Å²) in [6.07, 6.45) is 3.81. The Morgan fingerprint density at radius 1 is 1.14 bits per heavy atom. The first-order valence-electron chi connectivity index (χ1n) is 9.44. The predicted molar refractivity (Wildman–Crippen MR) is 107 cm³/mol. The minimum atomic E-state index is -0.218. The number of allylic oxidation sites excluding steroid dienone is 1. The number of carbonyl (C=O) groups is 2. The predicted octanol–water partition coefficient (Wildman–Crippen LogP) is 3.03. The Labute approximate surface area is 162 Å². The average molecular weight is 369 g/mol. The van der Waals surface area contributed by atoms with E-state index in [1.54, 1.807) is 6.20 Å². The number of hydrogen-bond acceptors (Lipinski definition) is 4. The molecule has 5 nitrogen and oxygen atoms in total. The molecule has 28 heavy (non-hydrogen) atoms. The molecule has 2 aliphatic rings. The molecule has 0 bridgehead atoms. The van der Waals surface area contributed by atoms with E-state index in [4.69, 9.17) is 0 Å². The Balaban J connectivity index is 1.42. The van der Waals surface area contributed by atoms with Crippen LogP contribution in [-0.4, -0.2) is 34.7 Å². The summed E-state index contributed by atoms with van der Waals surface area (Å²) >= 11 is 0. The van der Waals surface area contributed by atoms with Gasteiger partial charge in [-0.1, -0.05) is 42.5 Å². The number of fused-ring (bicyclic) bond motifs is 4. The molecule has 3 heterocycles. The first-order chi connectivity index (χ1) is 13.7. The lowest BCUT2D eigenvalue weighted by Crippen LogP contribution is -2.51. The normalized spacial score (nSPS) is 19.9. The third-order valence-electron chi connectivity index (χ3n) is 5.54. The summed E-state index contributed by atoms with van der Waals surface area (Å²) in [6, 6.07) is 17.7. The zero-order chi connectivity index (χ0) is 19.1. The standard InChI is InChI=1S/C23H19N3O2/c27-22(17-11-16-6-2-4-8-19(16)24-13-17)12-20-23(28)26-10-9-15-5-1-3-7-18(15)21(26)14-25-20/h1-8,11-13,21,25H,9-10,14H2. The van der Waals surface area contributed by atoms with Gasteiger partial charge in [-0.25, -0.2) is 0 Å². The van der Waals surface area contributed by atoms with Crippen molar-refractivity contribution in [1.29, 1.82) is 0 Å². The van der Waals surface area contributed by atoms with Crippen molar-refractivity contribution >= 4 is 22.6 Å². The molecule has 5 heteroatoms. The van der Waals surface area contributed by atoms with Gasteiger partial charge in [0.1, 0.15) is 5.70 Å². The van der Waals surface area contributed by atoms with Crippen molar-refractivity contribution in [3.8, 4) is 0 Å². The number of pyridine rings is 1. The summed E-state index contributed by atoms with van der Waals surface area (Å²) in [5, 5.41) is 4.08. The zero-order valence-corrected chi connectivity index (χ0v) is 15.3. The number of aromatic nitrogens is 1. The lowest BCUT2D eigenvalue weighted by Gasteiger charge is -2.41. The number of piperazine rings is 1. The molecule has 1 amide bonds. The van der Waals surface area contributed by atoms with Crippen LogP contribution in [0.5, 0.6) is 0 Å². The van der Waals surface area contributed by atoms with Crippen LogP contribution in [0.4, 0.5) is 0 Å². The van der Waals surface area contributed by atoms with Gasteiger partial charge in [-0.2, -0.15) is 0 Å². The first kappa shape index (κ1) is 16.7. The van der Waals surface area contributed by atoms with Crippen molar-refractivity contribution in [2.24, 2.45) is 0 Å². The number of rotatable bonds is 2. The summed E-state index contributed by atoms with van der Waals surface area (Å²) in [7, 11) is 0. The number of amides is 1. The number of nitrogens with one attached hydrogen (secondary N) is 1. The van der Waals surface area contributed by atoms with E-state index in [-0.39, 0.29) is 17.7 Å². The lowest BCUT2D eigenvalue weighted by atomic mass is 9.90. The van der Waals surface area contributed by atoms with E-state index in [2.05, 4.69) is 22.4 Å². The molecule has 138 valence electrons. The second-order valence-electron chi connectivity index (χ2n) is 7.18. The Hall–Kier alpha value is -3.47. The van der Waals surface area contributed by atoms with Gasteiger partial charge in [-0.3, -0.25) is 14.6 Å². The minimum absolute atomic E-state index is 0.0204. The molecule has 1 N–H and O–H groups in total. The van der Waals surface area contributed by atoms with Crippen LogP contribution in [0.25, 0.3) is 10.9 Å². The van der Waals surface area contributed by atoms with Gasteiger partial charge < -0.3 is 10.2 Å². The summed E-state index contributed by atoms with van der Waals surface area (Å²) in [5.41, 5.74) is 4.16. The molecule has 2 aliphatic heterocycles. The second kappa shape index (κ2) is 6.60. The molecule has 1 fully saturated rings. The van der Waals surface area contributed by atoms with Gasteiger partial charge in [0, 0.05) is 36.3 Å². The van der Waals surface area contributed by atoms with Crippen LogP contribution in [-0.2, 0) is 11.2 Å². The smallest absolute Gasteiger partial charge is 0.270 e. The Kier molecular flexibility index (Phi) is 3.93. The fraction of sp³-hybridized carbons (Fsp3) is 0.174. The third-order valence-corrected chi connectivity index (χ3v) is 5.54. The fourth-order valence-corrected chi connectivity index (χ4v) is 4.08. The molecule has 3 aromatic rings. The minimum Gasteiger partial charge on any atom is -0.378 e. The van der Waals surface area contributed by atoms with Crippen molar-refractivity contribution in [3.63, 3.8) is 0 Å². The van der Waals surface area contributed by atoms with Gasteiger partial charge in [-0.15, -0.1) is 0 Å². The lowest BCUT2D eigenvalue weighted by molar-refractivity contribution is -0.132. The third kappa shape index (κ3) is 2.76. The van der Waals surface area contributed by atoms with Gasteiger partial charge in [0.2, 0.25) is 0 Å². The Morgan fingerprint density at radius 2 is 1.96 bits per heavy atom. The highest BCUT2D eigenvalue weighted by Crippen LogP contribution is 2.32. The first-order valence-corrected chi connectivity index (χ1v) is 9.44. The van der Waals surface area contributed by atoms with E-state index in [1.165, 1.54) is 17.2 Å². The van der Waals surface area contributed by atoms with Gasteiger partial charge in [-0.05, 0) is 29.7 Å². The molecule has 1 saturated heterocycles. The summed E-state index contributed by atoms with van der Waals surface area (Å²) in [6.45, 7) is 1.28. The van der Waals surface area contributed by atoms with E-state index < -0.39 is 0 Å². The molecule has 0 saturated carbocycles. The van der Waals surface area contributed by atoms with Crippen molar-refractivity contribution in [3.05, 3.63) is 89.3 Å². The molecular formula is C23H19N3O2. The Bertz CT molecular complexity index is 1140. The molecule has 0 radical (unpaired) electrons. The van der Waals surface area contributed by atoms with Crippen LogP contribution in [0.3, 0.4) is 0 Å². The van der Waals surface area contributed by atoms with Crippen LogP contribution in [0.15, 0.2) is 72.6 Å². The van der Waals surface area contributed by atoms with Gasteiger partial charge >= 0.3 is 0 Å². The van der Waals surface area contributed by atoms with Gasteiger partial charge in [0.05, 0.1) is 11.6 Å². The van der Waals surface area contributed by atoms with Gasteiger partial charge in [0.25, 0.3) is 5.91 Å². The van der Waals surface area contributed by atoms with E-state index in [1.807, 2.05) is 47.4 Å². The summed E-state index contributed by atoms with van der Waals surface area (Å²) in [5.74, 6) is -0.335. The highest BCUT2D eigenvalue weighted by atomic mass is 16.2. The maximum atomic E-state index is 13.0. The van der Waals surface area contributed by atoms with Crippen molar-refractivity contribution in [2.75, 3.05) is 13.1 Å². The number of nitrogens with zero attached hydrogens (tertiary/aromatic N) is 2. The van der Waals surface area contributed by atoms with Crippen molar-refractivity contribution in [2.45, 2.75) is 12.5 Å². The molecule has 2 aromatic carbocycles. The van der Waals surface area contributed by atoms with Crippen molar-refractivity contribution < 1.29 is 9.59 Å². The SMILES string of the molecule is O=C(C=C1NCC2c3ccccc3CCN2C1=O)c1cnc2ccccc2c1. The molecule has 0 spiro atoms. The summed E-state index contributed by atoms with van der Waals surface area (Å²) in [4.78, 5) is 31.9. The van der Waals surface area contributed by atoms with E-state index in [9.17, 15) is 9.59 Å². The molecule has 1 atom stereocenters. The Morgan fingerprint density at radius 3 is 2.89 bits per heavy atom. The highest BCUT2D eigenvalue weighted by molar-refractivity contribution is 6.10. The largest absolute Gasteiger partial charge is 0.378 e. The van der Waals surface area contributed by atoms with Crippen LogP contribution in [0.1, 0.15) is 27.5 Å². The number of para-hydroxylation sites is 1. The molecule has 1 aromatic heterocycles. The maximum Gasteiger partial charge on any atom is 0.270 e. The maximum absolute atomic E-state index is 13.0. The number of hydrogen-bond donors (Lipinski definition) is 1. The molecular weight excluding hydrogens is 350 g/mol. The zero-order valence-electron chi connectivity index (χ0n) is 15.3. The van der Waals surface area contributed by atoms with E-state index in [0.717, 1.165) is 17.3 Å². The summed E-state index contributed by atoms with van der Waals surface area (Å²) < 4.78 is 0. The van der Waals surface area contributed by atoms with Crippen LogP contribution < -0.4 is 5.32 Å². The van der Waals surface area contributed by atoms with Crippen LogP contribution in [0, 0.1) is 0 Å². The fourth-order valence-electron chi connectivity index (χ4n) is 4.08. The average Bonchev–Trinajstić information content (AvgIpc) is 2.75. The van der Waals surface area contributed by atoms with Crippen molar-refractivity contribution in [1.82, 2.24) is 15.2 Å². The molecule has 5 rings (SSSR count). The monoisotopic (exact) mass is 369 g/mol. The molecule has 0 aliphatic carbocycles. The number of ketones is 1. The number of benzene rings is 2. The van der Waals surface area contributed by atoms with E-state index in [0.29, 0.717) is 24.4 Å². The topological polar surface area (TPSA) is 62.3 Å². The molecule has 1 unspecified atom stereocenters. The number of carbonyl (C=O) groups excluding carboxylic acids is 2.